The van der Waals surface area contributed by atoms with Crippen LogP contribution in [0.4, 0.5) is 5.69 Å². The number of sulfonamides is 1. The molecule has 0 aliphatic rings. The second kappa shape index (κ2) is 10.4. The van der Waals surface area contributed by atoms with Crippen LogP contribution in [0.1, 0.15) is 36.4 Å². The van der Waals surface area contributed by atoms with E-state index in [4.69, 9.17) is 4.74 Å². The molecule has 0 atom stereocenters. The average molecular weight is 490 g/mol. The van der Waals surface area contributed by atoms with Crippen LogP contribution in [0.25, 0.3) is 0 Å². The summed E-state index contributed by atoms with van der Waals surface area (Å²) in [5.41, 5.74) is 4.00. The van der Waals surface area contributed by atoms with E-state index >= 15 is 0 Å². The number of rotatable bonds is 9. The van der Waals surface area contributed by atoms with Gasteiger partial charge in [-0.05, 0) is 73.7 Å². The largest absolute Gasteiger partial charge is 0.457 e. The average Bonchev–Trinajstić information content (AvgIpc) is 3.07. The zero-order valence-corrected chi connectivity index (χ0v) is 21.3. The molecular formula is C28H31N3O3S. The molecule has 7 heteroatoms. The molecular weight excluding hydrogens is 458 g/mol. The molecule has 3 aromatic carbocycles. The number of hydrogen-bond donors (Lipinski definition) is 1. The molecule has 35 heavy (non-hydrogen) atoms. The summed E-state index contributed by atoms with van der Waals surface area (Å²) in [4.78, 5) is 0.238. The third-order valence-corrected chi connectivity index (χ3v) is 7.07. The van der Waals surface area contributed by atoms with Crippen LogP contribution in [0.3, 0.4) is 0 Å². The summed E-state index contributed by atoms with van der Waals surface area (Å²) < 4.78 is 36.6. The Morgan fingerprint density at radius 3 is 2.26 bits per heavy atom. The maximum absolute atomic E-state index is 13.1. The molecule has 0 aliphatic heterocycles. The van der Waals surface area contributed by atoms with Crippen molar-refractivity contribution < 1.29 is 13.2 Å². The van der Waals surface area contributed by atoms with Crippen molar-refractivity contribution in [2.45, 2.75) is 45.6 Å². The van der Waals surface area contributed by atoms with Crippen LogP contribution in [0.2, 0.25) is 0 Å². The molecule has 0 fully saturated rings. The molecule has 0 aliphatic carbocycles. The lowest BCUT2D eigenvalue weighted by atomic mass is 10.0. The highest BCUT2D eigenvalue weighted by molar-refractivity contribution is 7.92. The summed E-state index contributed by atoms with van der Waals surface area (Å²) in [6.07, 6.45) is 0.913. The van der Waals surface area contributed by atoms with Crippen LogP contribution < -0.4 is 9.46 Å². The Kier molecular flexibility index (Phi) is 7.26. The summed E-state index contributed by atoms with van der Waals surface area (Å²) in [6.45, 7) is 8.45. The third-order valence-electron chi connectivity index (χ3n) is 5.71. The van der Waals surface area contributed by atoms with E-state index in [2.05, 4.69) is 23.7 Å². The first-order valence-electron chi connectivity index (χ1n) is 11.7. The summed E-state index contributed by atoms with van der Waals surface area (Å²) in [5, 5.41) is 4.59. The SMILES string of the molecule is Cc1nn(Cc2cccc(Oc3ccccc3)c2)c(C)c1NS(=O)(=O)c1ccc(CC(C)C)cc1. The monoisotopic (exact) mass is 489 g/mol. The van der Waals surface area contributed by atoms with Crippen molar-refractivity contribution in [3.8, 4) is 11.5 Å². The number of aromatic nitrogens is 2. The van der Waals surface area contributed by atoms with Gasteiger partial charge in [0.25, 0.3) is 10.0 Å². The van der Waals surface area contributed by atoms with E-state index in [9.17, 15) is 8.42 Å². The van der Waals surface area contributed by atoms with Gasteiger partial charge in [0.05, 0.1) is 28.5 Å². The highest BCUT2D eigenvalue weighted by Crippen LogP contribution is 2.26. The minimum absolute atomic E-state index is 0.238. The summed E-state index contributed by atoms with van der Waals surface area (Å²) in [7, 11) is -3.73. The van der Waals surface area contributed by atoms with Gasteiger partial charge >= 0.3 is 0 Å². The molecule has 0 bridgehead atoms. The van der Waals surface area contributed by atoms with E-state index in [1.165, 1.54) is 0 Å². The lowest BCUT2D eigenvalue weighted by Gasteiger charge is -2.11. The van der Waals surface area contributed by atoms with Crippen LogP contribution in [0.5, 0.6) is 11.5 Å². The molecule has 4 aromatic rings. The van der Waals surface area contributed by atoms with Crippen LogP contribution in [-0.4, -0.2) is 18.2 Å². The van der Waals surface area contributed by atoms with Gasteiger partial charge in [0.15, 0.2) is 0 Å². The smallest absolute Gasteiger partial charge is 0.262 e. The first-order valence-corrected chi connectivity index (χ1v) is 13.2. The summed E-state index contributed by atoms with van der Waals surface area (Å²) >= 11 is 0. The van der Waals surface area contributed by atoms with Gasteiger partial charge in [0.1, 0.15) is 11.5 Å². The fourth-order valence-electron chi connectivity index (χ4n) is 3.97. The fourth-order valence-corrected chi connectivity index (χ4v) is 5.15. The van der Waals surface area contributed by atoms with Crippen molar-refractivity contribution in [1.82, 2.24) is 9.78 Å². The lowest BCUT2D eigenvalue weighted by molar-refractivity contribution is 0.481. The van der Waals surface area contributed by atoms with Crippen molar-refractivity contribution >= 4 is 15.7 Å². The van der Waals surface area contributed by atoms with Crippen LogP contribution in [0, 0.1) is 19.8 Å². The van der Waals surface area contributed by atoms with Crippen molar-refractivity contribution in [3.63, 3.8) is 0 Å². The van der Waals surface area contributed by atoms with Gasteiger partial charge in [-0.3, -0.25) is 9.40 Å². The number of benzene rings is 3. The minimum atomic E-state index is -3.73. The Morgan fingerprint density at radius 1 is 0.886 bits per heavy atom. The van der Waals surface area contributed by atoms with Crippen molar-refractivity contribution in [2.75, 3.05) is 4.72 Å². The maximum Gasteiger partial charge on any atom is 0.262 e. The predicted molar refractivity (Wildman–Crippen MR) is 140 cm³/mol. The Bertz CT molecular complexity index is 1390. The third kappa shape index (κ3) is 6.11. The van der Waals surface area contributed by atoms with Crippen molar-refractivity contribution in [1.29, 1.82) is 0 Å². The molecule has 6 nitrogen and oxygen atoms in total. The Labute approximate surface area is 207 Å². The van der Waals surface area contributed by atoms with Gasteiger partial charge in [-0.2, -0.15) is 5.10 Å². The highest BCUT2D eigenvalue weighted by atomic mass is 32.2. The second-order valence-electron chi connectivity index (χ2n) is 9.11. The molecule has 1 N–H and O–H groups in total. The number of nitrogens with one attached hydrogen (secondary N) is 1. The van der Waals surface area contributed by atoms with Gasteiger partial charge in [0.2, 0.25) is 0 Å². The molecule has 0 unspecified atom stereocenters. The van der Waals surface area contributed by atoms with Gasteiger partial charge in [-0.15, -0.1) is 0 Å². The molecule has 182 valence electrons. The van der Waals surface area contributed by atoms with E-state index in [1.54, 1.807) is 16.8 Å². The number of nitrogens with zero attached hydrogens (tertiary/aromatic N) is 2. The predicted octanol–water partition coefficient (Wildman–Crippen LogP) is 6.34. The topological polar surface area (TPSA) is 73.2 Å². The Balaban J connectivity index is 1.51. The standard InChI is InChI=1S/C28H31N3O3S/c1-20(2)17-23-13-15-27(16-14-23)35(32,33)30-28-21(3)29-31(22(28)4)19-24-9-8-12-26(18-24)34-25-10-6-5-7-11-25/h5-16,18,20,30H,17,19H2,1-4H3. The summed E-state index contributed by atoms with van der Waals surface area (Å²) in [6, 6.07) is 24.5. The van der Waals surface area contributed by atoms with Crippen LogP contribution >= 0.6 is 0 Å². The Morgan fingerprint density at radius 2 is 1.57 bits per heavy atom. The molecule has 1 aromatic heterocycles. The number of para-hydroxylation sites is 1. The van der Waals surface area contributed by atoms with E-state index in [1.807, 2.05) is 80.6 Å². The Hall–Kier alpha value is -3.58. The minimum Gasteiger partial charge on any atom is -0.457 e. The van der Waals surface area contributed by atoms with Gasteiger partial charge in [-0.25, -0.2) is 8.42 Å². The number of ether oxygens (including phenoxy) is 1. The zero-order valence-electron chi connectivity index (χ0n) is 20.5. The molecule has 0 amide bonds. The molecule has 1 heterocycles. The lowest BCUT2D eigenvalue weighted by Crippen LogP contribution is -2.14. The molecule has 4 rings (SSSR count). The van der Waals surface area contributed by atoms with E-state index < -0.39 is 10.0 Å². The van der Waals surface area contributed by atoms with Crippen LogP contribution in [-0.2, 0) is 23.0 Å². The van der Waals surface area contributed by atoms with Gasteiger partial charge in [-0.1, -0.05) is 56.3 Å². The molecule has 0 radical (unpaired) electrons. The van der Waals surface area contributed by atoms with Crippen molar-refractivity contribution in [2.24, 2.45) is 5.92 Å². The number of hydrogen-bond acceptors (Lipinski definition) is 4. The van der Waals surface area contributed by atoms with Gasteiger partial charge < -0.3 is 4.74 Å². The van der Waals surface area contributed by atoms with E-state index in [-0.39, 0.29) is 4.90 Å². The zero-order chi connectivity index (χ0) is 25.0. The summed E-state index contributed by atoms with van der Waals surface area (Å²) in [5.74, 6) is 2.01. The van der Waals surface area contributed by atoms with Crippen LogP contribution in [0.15, 0.2) is 83.8 Å². The van der Waals surface area contributed by atoms with E-state index in [0.717, 1.165) is 34.7 Å². The quantitative estimate of drug-likeness (QED) is 0.298. The molecule has 0 saturated heterocycles. The fraction of sp³-hybridized carbons (Fsp3) is 0.250. The number of aryl methyl sites for hydroxylation is 1. The van der Waals surface area contributed by atoms with Crippen molar-refractivity contribution in [3.05, 3.63) is 101 Å². The number of anilines is 1. The maximum atomic E-state index is 13.1. The first-order chi connectivity index (χ1) is 16.7. The van der Waals surface area contributed by atoms with Gasteiger partial charge in [0, 0.05) is 0 Å². The highest BCUT2D eigenvalue weighted by Gasteiger charge is 2.20. The molecule has 0 spiro atoms. The molecule has 0 saturated carbocycles. The van der Waals surface area contributed by atoms with E-state index in [0.29, 0.717) is 23.8 Å². The first kappa shape index (κ1) is 24.5. The normalized spacial score (nSPS) is 11.6. The second-order valence-corrected chi connectivity index (χ2v) is 10.8.